The normalized spacial score (nSPS) is 15.5. The number of aliphatic carboxylic acids is 1. The van der Waals surface area contributed by atoms with Gasteiger partial charge in [-0.1, -0.05) is 0 Å². The lowest BCUT2D eigenvalue weighted by Gasteiger charge is -2.25. The Balaban J connectivity index is 4.57. The molecule has 0 fully saturated rings. The highest BCUT2D eigenvalue weighted by molar-refractivity contribution is 5.88. The Kier molecular flexibility index (Phi) is 4.70. The summed E-state index contributed by atoms with van der Waals surface area (Å²) in [5.41, 5.74) is -1.12. The number of ether oxygens (including phenoxy) is 1. The molecule has 0 rings (SSSR count). The first-order chi connectivity index (χ1) is 6.72. The van der Waals surface area contributed by atoms with Crippen molar-refractivity contribution in [1.82, 2.24) is 5.32 Å². The second-order valence-electron chi connectivity index (χ2n) is 3.74. The highest BCUT2D eigenvalue weighted by atomic mass is 16.5. The van der Waals surface area contributed by atoms with Gasteiger partial charge in [0.25, 0.3) is 5.91 Å². The number of nitrogens with one attached hydrogen (secondary N) is 1. The number of carbonyl (C=O) groups excluding carboxylic acids is 1. The minimum atomic E-state index is -1.33. The van der Waals surface area contributed by atoms with E-state index in [-0.39, 0.29) is 0 Å². The van der Waals surface area contributed by atoms with E-state index in [0.717, 1.165) is 0 Å². The van der Waals surface area contributed by atoms with Crippen molar-refractivity contribution >= 4 is 11.9 Å². The van der Waals surface area contributed by atoms with Crippen LogP contribution in [0.2, 0.25) is 0 Å². The first kappa shape index (κ1) is 13.9. The van der Waals surface area contributed by atoms with Crippen molar-refractivity contribution < 1.29 is 24.5 Å². The second kappa shape index (κ2) is 5.09. The maximum Gasteiger partial charge on any atom is 0.328 e. The minimum absolute atomic E-state index is 0.585. The van der Waals surface area contributed by atoms with Gasteiger partial charge in [-0.2, -0.15) is 0 Å². The Morgan fingerprint density at radius 3 is 2.13 bits per heavy atom. The lowest BCUT2D eigenvalue weighted by Crippen LogP contribution is -2.54. The Bertz CT molecular complexity index is 249. The molecule has 0 saturated carbocycles. The van der Waals surface area contributed by atoms with Crippen molar-refractivity contribution in [2.24, 2.45) is 0 Å². The summed E-state index contributed by atoms with van der Waals surface area (Å²) >= 11 is 0. The van der Waals surface area contributed by atoms with Gasteiger partial charge in [-0.15, -0.1) is 0 Å². The van der Waals surface area contributed by atoms with Crippen LogP contribution < -0.4 is 5.32 Å². The van der Waals surface area contributed by atoms with Gasteiger partial charge in [0.2, 0.25) is 0 Å². The van der Waals surface area contributed by atoms with Crippen LogP contribution in [0.15, 0.2) is 0 Å². The molecule has 88 valence electrons. The van der Waals surface area contributed by atoms with Crippen molar-refractivity contribution in [3.8, 4) is 0 Å². The van der Waals surface area contributed by atoms with Crippen LogP contribution in [0.5, 0.6) is 0 Å². The zero-order chi connectivity index (χ0) is 12.2. The number of hydrogen-bond acceptors (Lipinski definition) is 4. The van der Waals surface area contributed by atoms with E-state index >= 15 is 0 Å². The van der Waals surface area contributed by atoms with E-state index in [2.05, 4.69) is 5.32 Å². The molecule has 0 aliphatic heterocycles. The molecule has 6 heteroatoms. The van der Waals surface area contributed by atoms with E-state index in [1.807, 2.05) is 0 Å². The zero-order valence-corrected chi connectivity index (χ0v) is 9.27. The molecule has 0 aromatic heterocycles. The summed E-state index contributed by atoms with van der Waals surface area (Å²) in [6.45, 7) is 4.30. The van der Waals surface area contributed by atoms with Crippen LogP contribution in [0.4, 0.5) is 0 Å². The lowest BCUT2D eigenvalue weighted by atomic mass is 10.1. The van der Waals surface area contributed by atoms with Gasteiger partial charge in [-0.05, 0) is 20.8 Å². The Labute approximate surface area is 88.2 Å². The maximum absolute atomic E-state index is 11.5. The number of aliphatic hydroxyl groups is 1. The summed E-state index contributed by atoms with van der Waals surface area (Å²) in [6, 6.07) is -1.33. The second-order valence-corrected chi connectivity index (χ2v) is 3.74. The monoisotopic (exact) mass is 219 g/mol. The molecule has 0 saturated heterocycles. The smallest absolute Gasteiger partial charge is 0.328 e. The van der Waals surface area contributed by atoms with E-state index in [1.54, 1.807) is 0 Å². The number of carbonyl (C=O) groups is 2. The summed E-state index contributed by atoms with van der Waals surface area (Å²) in [5.74, 6) is -1.87. The molecule has 0 aromatic carbocycles. The average molecular weight is 219 g/mol. The van der Waals surface area contributed by atoms with Crippen LogP contribution in [-0.2, 0) is 14.3 Å². The predicted molar refractivity (Wildman–Crippen MR) is 52.3 cm³/mol. The lowest BCUT2D eigenvalue weighted by molar-refractivity contribution is -0.150. The number of amides is 1. The van der Waals surface area contributed by atoms with Gasteiger partial charge in [-0.25, -0.2) is 4.79 Å². The number of rotatable bonds is 5. The fourth-order valence-corrected chi connectivity index (χ4v) is 0.796. The van der Waals surface area contributed by atoms with Crippen LogP contribution in [-0.4, -0.2) is 46.9 Å². The Hall–Kier alpha value is -1.14. The van der Waals surface area contributed by atoms with Gasteiger partial charge in [0, 0.05) is 7.11 Å². The van der Waals surface area contributed by atoms with Gasteiger partial charge in [0.15, 0.2) is 6.04 Å². The van der Waals surface area contributed by atoms with Gasteiger partial charge in [0.05, 0.1) is 6.10 Å². The van der Waals surface area contributed by atoms with Crippen molar-refractivity contribution in [3.63, 3.8) is 0 Å². The van der Waals surface area contributed by atoms with Crippen molar-refractivity contribution in [2.45, 2.75) is 38.5 Å². The molecule has 6 nitrogen and oxygen atoms in total. The number of aliphatic hydroxyl groups excluding tert-OH is 1. The summed E-state index contributed by atoms with van der Waals surface area (Å²) in [5, 5.41) is 20.0. The fourth-order valence-electron chi connectivity index (χ4n) is 0.796. The molecular weight excluding hydrogens is 202 g/mol. The van der Waals surface area contributed by atoms with Crippen molar-refractivity contribution in [1.29, 1.82) is 0 Å². The van der Waals surface area contributed by atoms with Gasteiger partial charge < -0.3 is 20.3 Å². The summed E-state index contributed by atoms with van der Waals surface area (Å²) in [7, 11) is 1.34. The quantitative estimate of drug-likeness (QED) is 0.571. The first-order valence-electron chi connectivity index (χ1n) is 4.49. The van der Waals surface area contributed by atoms with E-state index in [0.29, 0.717) is 0 Å². The van der Waals surface area contributed by atoms with Crippen LogP contribution in [0.25, 0.3) is 0 Å². The molecule has 15 heavy (non-hydrogen) atoms. The molecule has 0 heterocycles. The SMILES string of the molecule is COC(C)(C)C(=O)N[C@H](C(=O)O)[C@@H](C)O. The third kappa shape index (κ3) is 3.85. The van der Waals surface area contributed by atoms with E-state index in [4.69, 9.17) is 14.9 Å². The molecule has 0 bridgehead atoms. The maximum atomic E-state index is 11.5. The highest BCUT2D eigenvalue weighted by Gasteiger charge is 2.33. The van der Waals surface area contributed by atoms with Crippen LogP contribution in [0.3, 0.4) is 0 Å². The Morgan fingerprint density at radius 1 is 1.40 bits per heavy atom. The van der Waals surface area contributed by atoms with Gasteiger partial charge >= 0.3 is 5.97 Å². The molecule has 3 N–H and O–H groups in total. The molecule has 0 aliphatic carbocycles. The predicted octanol–water partition coefficient (Wildman–Crippen LogP) is -0.638. The standard InChI is InChI=1S/C9H17NO5/c1-5(11)6(7(12)13)10-8(14)9(2,3)15-4/h5-6,11H,1-4H3,(H,10,14)(H,12,13)/t5-,6+/m1/s1. The largest absolute Gasteiger partial charge is 0.480 e. The van der Waals surface area contributed by atoms with E-state index < -0.39 is 29.6 Å². The number of carboxylic acid groups (broad SMARTS) is 1. The van der Waals surface area contributed by atoms with Crippen LogP contribution >= 0.6 is 0 Å². The number of methoxy groups -OCH3 is 1. The summed E-state index contributed by atoms with van der Waals surface area (Å²) in [6.07, 6.45) is -1.17. The zero-order valence-electron chi connectivity index (χ0n) is 9.27. The van der Waals surface area contributed by atoms with E-state index in [9.17, 15) is 9.59 Å². The average Bonchev–Trinajstić information content (AvgIpc) is 2.12. The Morgan fingerprint density at radius 2 is 1.87 bits per heavy atom. The van der Waals surface area contributed by atoms with Crippen molar-refractivity contribution in [3.05, 3.63) is 0 Å². The summed E-state index contributed by atoms with van der Waals surface area (Å²) in [4.78, 5) is 22.2. The topological polar surface area (TPSA) is 95.9 Å². The number of hydrogen-bond donors (Lipinski definition) is 3. The first-order valence-corrected chi connectivity index (χ1v) is 4.49. The van der Waals surface area contributed by atoms with Crippen molar-refractivity contribution in [2.75, 3.05) is 7.11 Å². The fraction of sp³-hybridized carbons (Fsp3) is 0.778. The highest BCUT2D eigenvalue weighted by Crippen LogP contribution is 2.08. The molecule has 1 amide bonds. The third-order valence-corrected chi connectivity index (χ3v) is 2.09. The van der Waals surface area contributed by atoms with Crippen LogP contribution in [0, 0.1) is 0 Å². The molecule has 0 aliphatic rings. The van der Waals surface area contributed by atoms with Gasteiger partial charge in [-0.3, -0.25) is 4.79 Å². The molecular formula is C9H17NO5. The van der Waals surface area contributed by atoms with Crippen LogP contribution in [0.1, 0.15) is 20.8 Å². The molecule has 0 spiro atoms. The molecule has 0 aromatic rings. The van der Waals surface area contributed by atoms with Gasteiger partial charge in [0.1, 0.15) is 5.60 Å². The third-order valence-electron chi connectivity index (χ3n) is 2.09. The molecule has 0 unspecified atom stereocenters. The minimum Gasteiger partial charge on any atom is -0.480 e. The number of carboxylic acids is 1. The summed E-state index contributed by atoms with van der Waals surface area (Å²) < 4.78 is 4.87. The van der Waals surface area contributed by atoms with E-state index in [1.165, 1.54) is 27.9 Å². The molecule has 2 atom stereocenters. The molecule has 0 radical (unpaired) electrons.